The summed E-state index contributed by atoms with van der Waals surface area (Å²) in [6.45, 7) is 6.87. The van der Waals surface area contributed by atoms with Crippen molar-refractivity contribution in [2.24, 2.45) is 0 Å². The van der Waals surface area contributed by atoms with Gasteiger partial charge < -0.3 is 19.4 Å². The van der Waals surface area contributed by atoms with Gasteiger partial charge in [0.15, 0.2) is 0 Å². The number of quaternary nitrogens is 1. The van der Waals surface area contributed by atoms with Gasteiger partial charge in [-0.2, -0.15) is 0 Å². The molecule has 0 aliphatic heterocycles. The van der Waals surface area contributed by atoms with Crippen molar-refractivity contribution in [3.05, 3.63) is 60.8 Å². The Labute approximate surface area is 426 Å². The molecule has 0 aromatic rings. The van der Waals surface area contributed by atoms with Gasteiger partial charge in [-0.15, -0.1) is 0 Å². The molecule has 0 spiro atoms. The molecule has 9 nitrogen and oxygen atoms in total. The fraction of sp³-hybridized carbons (Fsp3) is 0.797. The van der Waals surface area contributed by atoms with Crippen LogP contribution in [-0.2, 0) is 27.9 Å². The maximum atomic E-state index is 13.5. The largest absolute Gasteiger partial charge is 0.472 e. The number of carbonyl (C=O) groups excluding carboxylic acids is 2. The Bertz CT molecular complexity index is 1370. The molecule has 0 aromatic carbocycles. The van der Waals surface area contributed by atoms with E-state index in [1.165, 1.54) is 116 Å². The zero-order valence-electron chi connectivity index (χ0n) is 45.8. The van der Waals surface area contributed by atoms with Crippen LogP contribution >= 0.6 is 7.82 Å². The smallest absolute Gasteiger partial charge is 0.456 e. The average Bonchev–Trinajstić information content (AvgIpc) is 3.31. The predicted octanol–water partition coefficient (Wildman–Crippen LogP) is 17.1. The quantitative estimate of drug-likeness (QED) is 0.0205. The fourth-order valence-electron chi connectivity index (χ4n) is 8.01. The number of unbranched alkanes of at least 4 members (excludes halogenated alkanes) is 27. The van der Waals surface area contributed by atoms with Gasteiger partial charge in [-0.1, -0.05) is 210 Å². The van der Waals surface area contributed by atoms with Crippen molar-refractivity contribution in [1.29, 1.82) is 0 Å². The van der Waals surface area contributed by atoms with E-state index < -0.39 is 20.0 Å². The van der Waals surface area contributed by atoms with Crippen LogP contribution in [0.5, 0.6) is 0 Å². The van der Waals surface area contributed by atoms with Crippen molar-refractivity contribution < 1.29 is 37.3 Å². The van der Waals surface area contributed by atoms with Gasteiger partial charge in [0, 0.05) is 12.8 Å². The Kier molecular flexibility index (Phi) is 47.7. The lowest BCUT2D eigenvalue weighted by atomic mass is 10.0. The molecule has 10 heteroatoms. The maximum absolute atomic E-state index is 13.5. The number of carbonyl (C=O) groups is 2. The first-order valence-electron chi connectivity index (χ1n) is 28.6. The monoisotopic (exact) mass is 990 g/mol. The van der Waals surface area contributed by atoms with E-state index in [1.54, 1.807) is 0 Å². The second-order valence-corrected chi connectivity index (χ2v) is 21.9. The first-order chi connectivity index (χ1) is 33.4. The van der Waals surface area contributed by atoms with Gasteiger partial charge in [-0.3, -0.25) is 18.6 Å². The molecule has 69 heavy (non-hydrogen) atoms. The highest BCUT2D eigenvalue weighted by molar-refractivity contribution is 7.47. The van der Waals surface area contributed by atoms with E-state index in [0.29, 0.717) is 17.4 Å². The van der Waals surface area contributed by atoms with Gasteiger partial charge in [-0.05, 0) is 89.5 Å². The number of likely N-dealkylation sites (N-methyl/N-ethyl adjacent to an activating group) is 1. The Morgan fingerprint density at radius 2 is 0.928 bits per heavy atom. The molecule has 0 fully saturated rings. The highest BCUT2D eigenvalue weighted by Gasteiger charge is 2.30. The second-order valence-electron chi connectivity index (χ2n) is 20.4. The molecular weight excluding hydrogens is 880 g/mol. The number of allylic oxidation sites excluding steroid dienone is 9. The normalized spacial score (nSPS) is 14.2. The number of rotatable bonds is 51. The number of phosphoric acid groups is 1. The van der Waals surface area contributed by atoms with Crippen LogP contribution in [-0.4, -0.2) is 74.3 Å². The van der Waals surface area contributed by atoms with Crippen LogP contribution in [0.1, 0.15) is 252 Å². The molecule has 402 valence electrons. The highest BCUT2D eigenvalue weighted by atomic mass is 31.2. The summed E-state index contributed by atoms with van der Waals surface area (Å²) in [5, 5.41) is 3.04. The standard InChI is InChI=1S/C59H109N2O7P/c1-7-10-13-16-19-22-25-28-30-31-32-33-36-39-42-45-48-51-58(62)60-56(55-67-69(64,65)66-54-53-61(4,5)6)57(50-47-44-41-38-35-27-24-21-18-15-12-9-3)68-59(63)52-49-46-43-40-37-34-29-26-23-20-17-14-11-8-2/h11,14,19-20,22-23,28,30,47,50,56-57H,7-10,12-13,15-18,21,24-27,29,31-46,48-49,51-55H2,1-6H3,(H-,60,62,64,65)/p+1/b14-11+,22-19-,23-20+,30-28-,50-47+. The summed E-state index contributed by atoms with van der Waals surface area (Å²) >= 11 is 0. The number of phosphoric ester groups is 1. The van der Waals surface area contributed by atoms with Gasteiger partial charge in [0.25, 0.3) is 0 Å². The topological polar surface area (TPSA) is 111 Å². The fourth-order valence-corrected chi connectivity index (χ4v) is 8.74. The summed E-state index contributed by atoms with van der Waals surface area (Å²) in [5.74, 6) is -0.523. The number of hydrogen-bond acceptors (Lipinski definition) is 6. The number of nitrogens with zero attached hydrogens (tertiary/aromatic N) is 1. The second kappa shape index (κ2) is 49.3. The first kappa shape index (κ1) is 66.7. The summed E-state index contributed by atoms with van der Waals surface area (Å²) in [6.07, 6.45) is 60.6. The van der Waals surface area contributed by atoms with Crippen molar-refractivity contribution in [2.75, 3.05) is 40.9 Å². The third-order valence-corrected chi connectivity index (χ3v) is 13.4. The summed E-state index contributed by atoms with van der Waals surface area (Å²) in [5.41, 5.74) is 0. The van der Waals surface area contributed by atoms with Gasteiger partial charge in [0.1, 0.15) is 19.3 Å². The Balaban J connectivity index is 5.36. The molecule has 0 rings (SSSR count). The molecule has 0 saturated carbocycles. The lowest BCUT2D eigenvalue weighted by Crippen LogP contribution is -2.47. The molecule has 2 N–H and O–H groups in total. The van der Waals surface area contributed by atoms with E-state index in [0.717, 1.165) is 103 Å². The maximum Gasteiger partial charge on any atom is 0.472 e. The molecule has 0 aliphatic carbocycles. The van der Waals surface area contributed by atoms with Gasteiger partial charge in [0.05, 0.1) is 33.8 Å². The predicted molar refractivity (Wildman–Crippen MR) is 295 cm³/mol. The third kappa shape index (κ3) is 50.4. The summed E-state index contributed by atoms with van der Waals surface area (Å²) < 4.78 is 30.6. The zero-order chi connectivity index (χ0) is 50.8. The van der Waals surface area contributed by atoms with E-state index in [9.17, 15) is 19.0 Å². The van der Waals surface area contributed by atoms with Crippen LogP contribution in [0, 0.1) is 0 Å². The number of nitrogens with one attached hydrogen (secondary N) is 1. The Morgan fingerprint density at radius 1 is 0.522 bits per heavy atom. The van der Waals surface area contributed by atoms with E-state index >= 15 is 0 Å². The van der Waals surface area contributed by atoms with Gasteiger partial charge in [-0.25, -0.2) is 4.57 Å². The minimum atomic E-state index is -4.45. The van der Waals surface area contributed by atoms with E-state index in [-0.39, 0.29) is 31.5 Å². The molecule has 3 unspecified atom stereocenters. The van der Waals surface area contributed by atoms with E-state index in [2.05, 4.69) is 74.7 Å². The van der Waals surface area contributed by atoms with Crippen LogP contribution in [0.4, 0.5) is 0 Å². The number of amides is 1. The van der Waals surface area contributed by atoms with E-state index in [1.807, 2.05) is 33.3 Å². The number of hydrogen-bond donors (Lipinski definition) is 2. The molecule has 1 amide bonds. The average molecular weight is 991 g/mol. The number of esters is 1. The van der Waals surface area contributed by atoms with Crippen molar-refractivity contribution in [1.82, 2.24) is 5.32 Å². The van der Waals surface area contributed by atoms with Crippen molar-refractivity contribution in [3.8, 4) is 0 Å². The minimum Gasteiger partial charge on any atom is -0.456 e. The van der Waals surface area contributed by atoms with Crippen LogP contribution < -0.4 is 5.32 Å². The van der Waals surface area contributed by atoms with E-state index in [4.69, 9.17) is 13.8 Å². The molecular formula is C59H110N2O7P+. The molecule has 0 saturated heterocycles. The Hall–Kier alpha value is -2.29. The van der Waals surface area contributed by atoms with Crippen molar-refractivity contribution in [2.45, 2.75) is 264 Å². The lowest BCUT2D eigenvalue weighted by Gasteiger charge is -2.27. The molecule has 0 heterocycles. The Morgan fingerprint density at radius 3 is 1.41 bits per heavy atom. The summed E-state index contributed by atoms with van der Waals surface area (Å²) in [4.78, 5) is 37.6. The van der Waals surface area contributed by atoms with Crippen molar-refractivity contribution >= 4 is 19.7 Å². The van der Waals surface area contributed by atoms with Crippen LogP contribution in [0.3, 0.4) is 0 Å². The van der Waals surface area contributed by atoms with Crippen LogP contribution in [0.25, 0.3) is 0 Å². The molecule has 0 aromatic heterocycles. The third-order valence-electron chi connectivity index (χ3n) is 12.4. The molecule has 0 radical (unpaired) electrons. The van der Waals surface area contributed by atoms with Crippen molar-refractivity contribution in [3.63, 3.8) is 0 Å². The minimum absolute atomic E-state index is 0.0359. The zero-order valence-corrected chi connectivity index (χ0v) is 46.7. The summed E-state index contributed by atoms with van der Waals surface area (Å²) in [7, 11) is 1.48. The van der Waals surface area contributed by atoms with Gasteiger partial charge in [0.2, 0.25) is 5.91 Å². The lowest BCUT2D eigenvalue weighted by molar-refractivity contribution is -0.870. The number of ether oxygens (including phenoxy) is 1. The molecule has 3 atom stereocenters. The summed E-state index contributed by atoms with van der Waals surface area (Å²) in [6, 6.07) is -0.855. The highest BCUT2D eigenvalue weighted by Crippen LogP contribution is 2.43. The van der Waals surface area contributed by atoms with Crippen LogP contribution in [0.15, 0.2) is 60.8 Å². The SMILES string of the molecule is CC/C=C/C/C=C/CCCCCCCCCC(=O)OC(/C=C/CCCCCCCCCCCC)C(COP(=O)(O)OCC[N+](C)(C)C)NC(=O)CCCCCCCCC/C=C\C/C=C\CCCCC. The van der Waals surface area contributed by atoms with Gasteiger partial charge >= 0.3 is 13.8 Å². The molecule has 0 aliphatic rings. The van der Waals surface area contributed by atoms with Crippen LogP contribution in [0.2, 0.25) is 0 Å². The first-order valence-corrected chi connectivity index (χ1v) is 30.1. The molecule has 0 bridgehead atoms.